The summed E-state index contributed by atoms with van der Waals surface area (Å²) in [6.07, 6.45) is 0.988. The van der Waals surface area contributed by atoms with Crippen LogP contribution in [0.2, 0.25) is 0 Å². The number of imidazole rings is 1. The number of aromatic amines is 1. The fraction of sp³-hybridized carbons (Fsp3) is 0.529. The second-order valence-corrected chi connectivity index (χ2v) is 7.16. The van der Waals surface area contributed by atoms with Gasteiger partial charge in [0.25, 0.3) is 0 Å². The van der Waals surface area contributed by atoms with Gasteiger partial charge in [-0.25, -0.2) is 14.0 Å². The molecule has 3 rings (SSSR count). The number of benzene rings is 1. The maximum atomic E-state index is 13.3. The lowest BCUT2D eigenvalue weighted by molar-refractivity contribution is 0.0189. The molecule has 0 atom stereocenters. The summed E-state index contributed by atoms with van der Waals surface area (Å²) in [5, 5.41) is 0. The minimum absolute atomic E-state index is 0.0182. The van der Waals surface area contributed by atoms with Gasteiger partial charge in [0.1, 0.15) is 11.4 Å². The van der Waals surface area contributed by atoms with Crippen molar-refractivity contribution in [3.05, 3.63) is 34.5 Å². The van der Waals surface area contributed by atoms with Gasteiger partial charge in [-0.1, -0.05) is 0 Å². The molecule has 1 fully saturated rings. The number of likely N-dealkylation sites (tertiary alicyclic amines) is 1. The molecule has 1 N–H and O–H groups in total. The second-order valence-electron chi connectivity index (χ2n) is 7.16. The fourth-order valence-corrected chi connectivity index (χ4v) is 3.10. The van der Waals surface area contributed by atoms with E-state index < -0.39 is 5.60 Å². The van der Waals surface area contributed by atoms with Crippen molar-refractivity contribution in [2.75, 3.05) is 13.1 Å². The number of rotatable bonds is 1. The van der Waals surface area contributed by atoms with Gasteiger partial charge in [0.15, 0.2) is 0 Å². The van der Waals surface area contributed by atoms with Gasteiger partial charge in [-0.15, -0.1) is 0 Å². The fourth-order valence-electron chi connectivity index (χ4n) is 3.10. The van der Waals surface area contributed by atoms with E-state index in [4.69, 9.17) is 4.74 Å². The van der Waals surface area contributed by atoms with Crippen molar-refractivity contribution in [1.82, 2.24) is 14.5 Å². The molecule has 1 amide bonds. The first-order chi connectivity index (χ1) is 11.2. The van der Waals surface area contributed by atoms with E-state index in [1.807, 2.05) is 20.8 Å². The number of nitrogens with zero attached hydrogens (tertiary/aromatic N) is 2. The average molecular weight is 335 g/mol. The van der Waals surface area contributed by atoms with Crippen molar-refractivity contribution in [3.63, 3.8) is 0 Å². The first-order valence-corrected chi connectivity index (χ1v) is 8.12. The van der Waals surface area contributed by atoms with Crippen LogP contribution >= 0.6 is 0 Å². The molecule has 1 aromatic heterocycles. The molecule has 0 radical (unpaired) electrons. The predicted molar refractivity (Wildman–Crippen MR) is 88.6 cm³/mol. The maximum absolute atomic E-state index is 13.3. The molecule has 1 aromatic carbocycles. The number of amides is 1. The quantitative estimate of drug-likeness (QED) is 0.871. The summed E-state index contributed by atoms with van der Waals surface area (Å²) >= 11 is 0. The molecule has 24 heavy (non-hydrogen) atoms. The van der Waals surface area contributed by atoms with Crippen LogP contribution in [0.5, 0.6) is 0 Å². The van der Waals surface area contributed by atoms with Crippen LogP contribution in [0.1, 0.15) is 39.7 Å². The Morgan fingerprint density at radius 1 is 1.29 bits per heavy atom. The molecule has 2 heterocycles. The third-order valence-electron chi connectivity index (χ3n) is 4.16. The van der Waals surface area contributed by atoms with Crippen molar-refractivity contribution in [1.29, 1.82) is 0 Å². The van der Waals surface area contributed by atoms with E-state index in [0.717, 1.165) is 0 Å². The van der Waals surface area contributed by atoms with Crippen LogP contribution in [0.4, 0.5) is 9.18 Å². The average Bonchev–Trinajstić information content (AvgIpc) is 2.80. The summed E-state index contributed by atoms with van der Waals surface area (Å²) in [5.41, 5.74) is 0.421. The van der Waals surface area contributed by atoms with Crippen LogP contribution in [0.3, 0.4) is 0 Å². The zero-order valence-electron chi connectivity index (χ0n) is 14.1. The van der Waals surface area contributed by atoms with Crippen molar-refractivity contribution in [3.8, 4) is 0 Å². The van der Waals surface area contributed by atoms with Crippen molar-refractivity contribution in [2.45, 2.75) is 45.3 Å². The van der Waals surface area contributed by atoms with Crippen LogP contribution in [-0.2, 0) is 4.74 Å². The third-order valence-corrected chi connectivity index (χ3v) is 4.16. The number of nitrogens with one attached hydrogen (secondary N) is 1. The first-order valence-electron chi connectivity index (χ1n) is 8.12. The molecular formula is C17H22FN3O3. The molecule has 2 aromatic rings. The molecule has 0 aliphatic carbocycles. The number of hydrogen-bond acceptors (Lipinski definition) is 3. The zero-order valence-corrected chi connectivity index (χ0v) is 14.1. The monoisotopic (exact) mass is 335 g/mol. The van der Waals surface area contributed by atoms with Gasteiger partial charge in [0, 0.05) is 19.1 Å². The highest BCUT2D eigenvalue weighted by Gasteiger charge is 2.28. The van der Waals surface area contributed by atoms with E-state index in [0.29, 0.717) is 37.0 Å². The zero-order chi connectivity index (χ0) is 17.5. The summed E-state index contributed by atoms with van der Waals surface area (Å²) in [7, 11) is 0. The summed E-state index contributed by atoms with van der Waals surface area (Å²) in [6.45, 7) is 6.56. The van der Waals surface area contributed by atoms with Gasteiger partial charge in [-0.2, -0.15) is 0 Å². The summed E-state index contributed by atoms with van der Waals surface area (Å²) in [5.74, 6) is -0.379. The SMILES string of the molecule is CC(C)(C)OC(=O)N1CCC(n2c(=O)[nH]c3cc(F)ccc32)CC1. The Bertz CT molecular complexity index is 811. The highest BCUT2D eigenvalue weighted by molar-refractivity contribution is 5.75. The number of piperidine rings is 1. The van der Waals surface area contributed by atoms with Crippen LogP contribution in [-0.4, -0.2) is 39.2 Å². The summed E-state index contributed by atoms with van der Waals surface area (Å²) in [4.78, 5) is 28.7. The smallest absolute Gasteiger partial charge is 0.410 e. The van der Waals surface area contributed by atoms with E-state index in [2.05, 4.69) is 4.98 Å². The largest absolute Gasteiger partial charge is 0.444 e. The Balaban J connectivity index is 1.75. The van der Waals surface area contributed by atoms with Gasteiger partial charge in [0.2, 0.25) is 0 Å². The number of hydrogen-bond donors (Lipinski definition) is 1. The Kier molecular flexibility index (Phi) is 4.11. The van der Waals surface area contributed by atoms with Gasteiger partial charge < -0.3 is 14.6 Å². The molecule has 7 heteroatoms. The molecule has 0 spiro atoms. The van der Waals surface area contributed by atoms with Crippen LogP contribution in [0.25, 0.3) is 11.0 Å². The van der Waals surface area contributed by atoms with E-state index >= 15 is 0 Å². The molecule has 6 nitrogen and oxygen atoms in total. The van der Waals surface area contributed by atoms with Gasteiger partial charge in [-0.3, -0.25) is 4.57 Å². The number of halogens is 1. The number of carbonyl (C=O) groups is 1. The summed E-state index contributed by atoms with van der Waals surface area (Å²) in [6, 6.07) is 4.27. The lowest BCUT2D eigenvalue weighted by atomic mass is 10.0. The van der Waals surface area contributed by atoms with Crippen LogP contribution < -0.4 is 5.69 Å². The molecule has 1 aliphatic rings. The number of fused-ring (bicyclic) bond motifs is 1. The van der Waals surface area contributed by atoms with Crippen molar-refractivity contribution in [2.24, 2.45) is 0 Å². The van der Waals surface area contributed by atoms with E-state index in [9.17, 15) is 14.0 Å². The molecule has 1 saturated heterocycles. The van der Waals surface area contributed by atoms with Gasteiger partial charge in [-0.05, 0) is 51.8 Å². The molecular weight excluding hydrogens is 313 g/mol. The molecule has 130 valence electrons. The lowest BCUT2D eigenvalue weighted by Crippen LogP contribution is -2.43. The number of aromatic nitrogens is 2. The van der Waals surface area contributed by atoms with Gasteiger partial charge >= 0.3 is 11.8 Å². The van der Waals surface area contributed by atoms with Gasteiger partial charge in [0.05, 0.1) is 11.0 Å². The van der Waals surface area contributed by atoms with E-state index in [-0.39, 0.29) is 23.6 Å². The number of H-pyrrole nitrogens is 1. The number of ether oxygens (including phenoxy) is 1. The highest BCUT2D eigenvalue weighted by atomic mass is 19.1. The highest BCUT2D eigenvalue weighted by Crippen LogP contribution is 2.26. The first kappa shape index (κ1) is 16.5. The minimum atomic E-state index is -0.522. The summed E-state index contributed by atoms with van der Waals surface area (Å²) < 4.78 is 20.4. The Morgan fingerprint density at radius 3 is 2.58 bits per heavy atom. The number of carbonyl (C=O) groups excluding carboxylic acids is 1. The topological polar surface area (TPSA) is 67.3 Å². The van der Waals surface area contributed by atoms with E-state index in [1.165, 1.54) is 12.1 Å². The maximum Gasteiger partial charge on any atom is 0.410 e. The Labute approximate surface area is 139 Å². The normalized spacial score (nSPS) is 16.6. The second kappa shape index (κ2) is 5.96. The van der Waals surface area contributed by atoms with Crippen LogP contribution in [0, 0.1) is 5.82 Å². The van der Waals surface area contributed by atoms with E-state index in [1.54, 1.807) is 15.5 Å². The molecule has 0 saturated carbocycles. The minimum Gasteiger partial charge on any atom is -0.444 e. The molecule has 0 unspecified atom stereocenters. The standard InChI is InChI=1S/C17H22FN3O3/c1-17(2,3)24-16(23)20-8-6-12(7-9-20)21-14-5-4-11(18)10-13(14)19-15(21)22/h4-5,10,12H,6-9H2,1-3H3,(H,19,22). The lowest BCUT2D eigenvalue weighted by Gasteiger charge is -2.33. The Morgan fingerprint density at radius 2 is 1.96 bits per heavy atom. The Hall–Kier alpha value is -2.31. The molecule has 0 bridgehead atoms. The van der Waals surface area contributed by atoms with Crippen LogP contribution in [0.15, 0.2) is 23.0 Å². The predicted octanol–water partition coefficient (Wildman–Crippen LogP) is 3.04. The molecule has 1 aliphatic heterocycles. The van der Waals surface area contributed by atoms with Crippen molar-refractivity contribution >= 4 is 17.1 Å². The third kappa shape index (κ3) is 3.29. The van der Waals surface area contributed by atoms with Crippen molar-refractivity contribution < 1.29 is 13.9 Å².